The molecule has 0 saturated carbocycles. The fraction of sp³-hybridized carbons (Fsp3) is 0.500. The van der Waals surface area contributed by atoms with Gasteiger partial charge < -0.3 is 5.32 Å². The average Bonchev–Trinajstić information content (AvgIpc) is 2.59. The van der Waals surface area contributed by atoms with E-state index in [4.69, 9.17) is 0 Å². The van der Waals surface area contributed by atoms with Gasteiger partial charge in [-0.1, -0.05) is 13.0 Å². The van der Waals surface area contributed by atoms with E-state index >= 15 is 0 Å². The second-order valence-electron chi connectivity index (χ2n) is 2.54. The van der Waals surface area contributed by atoms with Crippen LogP contribution in [0.3, 0.4) is 0 Å². The van der Waals surface area contributed by atoms with Crippen LogP contribution in [0.2, 0.25) is 0 Å². The van der Waals surface area contributed by atoms with Gasteiger partial charge in [0.15, 0.2) is 0 Å². The predicted molar refractivity (Wildman–Crippen MR) is 47.6 cm³/mol. The molecule has 0 aliphatic rings. The Morgan fingerprint density at radius 2 is 2.67 bits per heavy atom. The Bertz CT molecular complexity index is 217. The van der Waals surface area contributed by atoms with Gasteiger partial charge in [-0.15, -0.1) is 6.58 Å². The van der Waals surface area contributed by atoms with Crippen LogP contribution in [0.1, 0.15) is 25.2 Å². The molecule has 1 aromatic rings. The summed E-state index contributed by atoms with van der Waals surface area (Å²) in [5, 5.41) is 9.85. The van der Waals surface area contributed by atoms with E-state index in [1.807, 2.05) is 6.08 Å². The lowest BCUT2D eigenvalue weighted by molar-refractivity contribution is 0.588. The first-order valence-electron chi connectivity index (χ1n) is 4.09. The second kappa shape index (κ2) is 4.66. The quantitative estimate of drug-likeness (QED) is 0.642. The number of hydrogen-bond donors (Lipinski definition) is 2. The zero-order chi connectivity index (χ0) is 8.81. The van der Waals surface area contributed by atoms with E-state index < -0.39 is 0 Å². The smallest absolute Gasteiger partial charge is 0.145 e. The fourth-order valence-electron chi connectivity index (χ4n) is 0.956. The molecule has 1 atom stereocenters. The van der Waals surface area contributed by atoms with E-state index in [-0.39, 0.29) is 6.04 Å². The first-order chi connectivity index (χ1) is 5.88. The number of rotatable bonds is 5. The zero-order valence-corrected chi connectivity index (χ0v) is 7.25. The minimum absolute atomic E-state index is 0.0902. The number of nitrogens with zero attached hydrogens (tertiary/aromatic N) is 2. The molecule has 0 bridgehead atoms. The van der Waals surface area contributed by atoms with Gasteiger partial charge >= 0.3 is 0 Å². The molecule has 0 spiro atoms. The number of aromatic amines is 1. The third-order valence-electron chi connectivity index (χ3n) is 1.58. The largest absolute Gasteiger partial charge is 0.304 e. The topological polar surface area (TPSA) is 53.6 Å². The molecular formula is C8H14N4. The van der Waals surface area contributed by atoms with Crippen molar-refractivity contribution in [2.24, 2.45) is 0 Å². The Balaban J connectivity index is 2.51. The highest BCUT2D eigenvalue weighted by atomic mass is 15.2. The summed E-state index contributed by atoms with van der Waals surface area (Å²) in [4.78, 5) is 4.04. The van der Waals surface area contributed by atoms with Crippen LogP contribution in [0.25, 0.3) is 0 Å². The van der Waals surface area contributed by atoms with Gasteiger partial charge in [-0.3, -0.25) is 5.10 Å². The molecule has 2 N–H and O–H groups in total. The molecule has 12 heavy (non-hydrogen) atoms. The first kappa shape index (κ1) is 8.93. The number of hydrogen-bond acceptors (Lipinski definition) is 3. The third-order valence-corrected chi connectivity index (χ3v) is 1.58. The molecule has 0 amide bonds. The Morgan fingerprint density at radius 3 is 3.17 bits per heavy atom. The van der Waals surface area contributed by atoms with Crippen molar-refractivity contribution in [2.75, 3.05) is 6.54 Å². The summed E-state index contributed by atoms with van der Waals surface area (Å²) in [5.41, 5.74) is 0. The summed E-state index contributed by atoms with van der Waals surface area (Å²) < 4.78 is 0. The molecule has 1 unspecified atom stereocenters. The van der Waals surface area contributed by atoms with E-state index in [1.165, 1.54) is 6.33 Å². The maximum Gasteiger partial charge on any atom is 0.145 e. The summed E-state index contributed by atoms with van der Waals surface area (Å²) in [6.07, 6.45) is 4.41. The Morgan fingerprint density at radius 1 is 1.83 bits per heavy atom. The van der Waals surface area contributed by atoms with Crippen molar-refractivity contribution in [3.05, 3.63) is 24.8 Å². The lowest BCUT2D eigenvalue weighted by atomic mass is 10.2. The Kier molecular flexibility index (Phi) is 3.47. The van der Waals surface area contributed by atoms with Gasteiger partial charge in [0, 0.05) is 0 Å². The fourth-order valence-corrected chi connectivity index (χ4v) is 0.956. The standard InChI is InChI=1S/C8H14N4/c1-3-5-9-7(4-2)8-10-6-11-12-8/h4,6-7,9H,2-3,5H2,1H3,(H,10,11,12). The van der Waals surface area contributed by atoms with Crippen LogP contribution in [-0.2, 0) is 0 Å². The third kappa shape index (κ3) is 2.17. The molecule has 0 saturated heterocycles. The van der Waals surface area contributed by atoms with Crippen molar-refractivity contribution in [1.29, 1.82) is 0 Å². The predicted octanol–water partition coefficient (Wildman–Crippen LogP) is 1.03. The van der Waals surface area contributed by atoms with Gasteiger partial charge in [-0.2, -0.15) is 5.10 Å². The highest BCUT2D eigenvalue weighted by Gasteiger charge is 2.07. The summed E-state index contributed by atoms with van der Waals surface area (Å²) in [6.45, 7) is 6.79. The van der Waals surface area contributed by atoms with Crippen LogP contribution < -0.4 is 5.32 Å². The molecule has 0 aliphatic heterocycles. The number of nitrogens with one attached hydrogen (secondary N) is 2. The molecule has 1 rings (SSSR count). The first-order valence-corrected chi connectivity index (χ1v) is 4.09. The Hall–Kier alpha value is -1.16. The molecule has 0 fully saturated rings. The average molecular weight is 166 g/mol. The van der Waals surface area contributed by atoms with Crippen LogP contribution in [-0.4, -0.2) is 21.7 Å². The van der Waals surface area contributed by atoms with Gasteiger partial charge in [0.05, 0.1) is 6.04 Å². The van der Waals surface area contributed by atoms with E-state index in [9.17, 15) is 0 Å². The summed E-state index contributed by atoms with van der Waals surface area (Å²) in [7, 11) is 0. The molecule has 0 radical (unpaired) electrons. The van der Waals surface area contributed by atoms with Crippen molar-refractivity contribution in [3.8, 4) is 0 Å². The highest BCUT2D eigenvalue weighted by molar-refractivity contribution is 5.00. The van der Waals surface area contributed by atoms with E-state index in [0.29, 0.717) is 0 Å². The van der Waals surface area contributed by atoms with E-state index in [2.05, 4.69) is 34.0 Å². The second-order valence-corrected chi connectivity index (χ2v) is 2.54. The van der Waals surface area contributed by atoms with Gasteiger partial charge in [-0.25, -0.2) is 4.98 Å². The zero-order valence-electron chi connectivity index (χ0n) is 7.25. The summed E-state index contributed by atoms with van der Waals surface area (Å²) in [5.74, 6) is 0.818. The van der Waals surface area contributed by atoms with Gasteiger partial charge in [0.1, 0.15) is 12.2 Å². The molecule has 66 valence electrons. The van der Waals surface area contributed by atoms with Gasteiger partial charge in [0.25, 0.3) is 0 Å². The number of H-pyrrole nitrogens is 1. The van der Waals surface area contributed by atoms with E-state index in [0.717, 1.165) is 18.8 Å². The molecule has 4 heteroatoms. The van der Waals surface area contributed by atoms with Crippen molar-refractivity contribution < 1.29 is 0 Å². The molecular weight excluding hydrogens is 152 g/mol. The Labute approximate surface area is 72.1 Å². The maximum absolute atomic E-state index is 4.04. The van der Waals surface area contributed by atoms with Crippen LogP contribution in [0, 0.1) is 0 Å². The highest BCUT2D eigenvalue weighted by Crippen LogP contribution is 2.05. The maximum atomic E-state index is 4.04. The SMILES string of the molecule is C=CC(NCCC)c1ncn[nH]1. The summed E-state index contributed by atoms with van der Waals surface area (Å²) in [6, 6.07) is 0.0902. The van der Waals surface area contributed by atoms with E-state index in [1.54, 1.807) is 0 Å². The summed E-state index contributed by atoms with van der Waals surface area (Å²) >= 11 is 0. The van der Waals surface area contributed by atoms with Crippen LogP contribution in [0.5, 0.6) is 0 Å². The van der Waals surface area contributed by atoms with Crippen molar-refractivity contribution >= 4 is 0 Å². The lowest BCUT2D eigenvalue weighted by Gasteiger charge is -2.09. The van der Waals surface area contributed by atoms with Crippen molar-refractivity contribution in [1.82, 2.24) is 20.5 Å². The molecule has 0 aliphatic carbocycles. The molecule has 1 aromatic heterocycles. The van der Waals surface area contributed by atoms with Crippen molar-refractivity contribution in [3.63, 3.8) is 0 Å². The van der Waals surface area contributed by atoms with Crippen molar-refractivity contribution in [2.45, 2.75) is 19.4 Å². The normalized spacial score (nSPS) is 12.8. The van der Waals surface area contributed by atoms with Crippen LogP contribution in [0.15, 0.2) is 19.0 Å². The van der Waals surface area contributed by atoms with Gasteiger partial charge in [-0.05, 0) is 13.0 Å². The van der Waals surface area contributed by atoms with Crippen LogP contribution >= 0.6 is 0 Å². The molecule has 0 aromatic carbocycles. The minimum atomic E-state index is 0.0902. The monoisotopic (exact) mass is 166 g/mol. The lowest BCUT2D eigenvalue weighted by Crippen LogP contribution is -2.21. The minimum Gasteiger partial charge on any atom is -0.304 e. The number of aromatic nitrogens is 3. The molecule has 1 heterocycles. The van der Waals surface area contributed by atoms with Gasteiger partial charge in [0.2, 0.25) is 0 Å². The molecule has 4 nitrogen and oxygen atoms in total. The van der Waals surface area contributed by atoms with Crippen LogP contribution in [0.4, 0.5) is 0 Å².